The van der Waals surface area contributed by atoms with Crippen LogP contribution in [0.1, 0.15) is 18.4 Å². The van der Waals surface area contributed by atoms with E-state index in [1.165, 1.54) is 0 Å². The van der Waals surface area contributed by atoms with Gasteiger partial charge < -0.3 is 14.6 Å². The summed E-state index contributed by atoms with van der Waals surface area (Å²) in [5, 5.41) is 9.49. The molecule has 86 valence electrons. The normalized spacial score (nSPS) is 25.8. The fourth-order valence-corrected chi connectivity index (χ4v) is 1.66. The van der Waals surface area contributed by atoms with E-state index in [0.29, 0.717) is 6.61 Å². The minimum absolute atomic E-state index is 0.242. The summed E-state index contributed by atoms with van der Waals surface area (Å²) in [5.41, 5.74) is 1.08. The molecule has 0 aromatic heterocycles. The van der Waals surface area contributed by atoms with E-state index in [1.807, 2.05) is 36.4 Å². The van der Waals surface area contributed by atoms with Crippen LogP contribution in [0.2, 0.25) is 0 Å². The summed E-state index contributed by atoms with van der Waals surface area (Å²) in [7, 11) is 0. The topological polar surface area (TPSA) is 38.7 Å². The monoisotopic (exact) mass is 220 g/mol. The molecule has 1 saturated heterocycles. The molecule has 16 heavy (non-hydrogen) atoms. The first-order valence-electron chi connectivity index (χ1n) is 5.53. The highest BCUT2D eigenvalue weighted by Gasteiger charge is 2.23. The zero-order chi connectivity index (χ0) is 11.2. The molecular weight excluding hydrogens is 204 g/mol. The second kappa shape index (κ2) is 5.68. The second-order valence-electron chi connectivity index (χ2n) is 3.79. The predicted octanol–water partition coefficient (Wildman–Crippen LogP) is 2.17. The first kappa shape index (κ1) is 11.2. The highest BCUT2D eigenvalue weighted by molar-refractivity contribution is 5.47. The maximum absolute atomic E-state index is 9.49. The van der Waals surface area contributed by atoms with E-state index in [0.717, 1.165) is 18.4 Å². The molecule has 2 unspecified atom stereocenters. The van der Waals surface area contributed by atoms with Gasteiger partial charge in [0.05, 0.1) is 12.9 Å². The molecule has 2 rings (SSSR count). The fourth-order valence-electron chi connectivity index (χ4n) is 1.66. The van der Waals surface area contributed by atoms with Gasteiger partial charge in [0.1, 0.15) is 6.10 Å². The van der Waals surface area contributed by atoms with E-state index in [2.05, 4.69) is 0 Å². The number of aliphatic hydroxyl groups excluding tert-OH is 1. The van der Waals surface area contributed by atoms with Gasteiger partial charge in [-0.2, -0.15) is 0 Å². The molecule has 1 aliphatic rings. The standard InChI is InChI=1S/C13H16O3/c14-13-12(7-4-9-16-13)15-10-8-11-5-2-1-3-6-11/h1-3,5-6,8,10,12-14H,4,7,9H2. The molecule has 0 amide bonds. The zero-order valence-corrected chi connectivity index (χ0v) is 9.08. The quantitative estimate of drug-likeness (QED) is 0.793. The van der Waals surface area contributed by atoms with E-state index in [4.69, 9.17) is 9.47 Å². The van der Waals surface area contributed by atoms with Gasteiger partial charge >= 0.3 is 0 Å². The molecule has 1 fully saturated rings. The Morgan fingerprint density at radius 2 is 2.12 bits per heavy atom. The van der Waals surface area contributed by atoms with Gasteiger partial charge in [-0.05, 0) is 24.5 Å². The second-order valence-corrected chi connectivity index (χ2v) is 3.79. The number of ether oxygens (including phenoxy) is 2. The third kappa shape index (κ3) is 3.08. The van der Waals surface area contributed by atoms with Crippen molar-refractivity contribution in [3.63, 3.8) is 0 Å². The average molecular weight is 220 g/mol. The Balaban J connectivity index is 1.84. The van der Waals surface area contributed by atoms with E-state index >= 15 is 0 Å². The van der Waals surface area contributed by atoms with E-state index in [-0.39, 0.29) is 6.10 Å². The molecule has 0 bridgehead atoms. The summed E-state index contributed by atoms with van der Waals surface area (Å²) >= 11 is 0. The number of benzene rings is 1. The molecule has 1 heterocycles. The van der Waals surface area contributed by atoms with Crippen molar-refractivity contribution in [2.45, 2.75) is 25.2 Å². The number of aliphatic hydroxyl groups is 1. The minimum atomic E-state index is -0.797. The first-order chi connectivity index (χ1) is 7.86. The molecule has 0 saturated carbocycles. The van der Waals surface area contributed by atoms with Crippen LogP contribution in [0.4, 0.5) is 0 Å². The van der Waals surface area contributed by atoms with Gasteiger partial charge in [0, 0.05) is 0 Å². The van der Waals surface area contributed by atoms with Crippen molar-refractivity contribution in [2.24, 2.45) is 0 Å². The highest BCUT2D eigenvalue weighted by Crippen LogP contribution is 2.16. The van der Waals surface area contributed by atoms with E-state index < -0.39 is 6.29 Å². The van der Waals surface area contributed by atoms with E-state index in [1.54, 1.807) is 6.26 Å². The lowest BCUT2D eigenvalue weighted by Crippen LogP contribution is -2.34. The van der Waals surface area contributed by atoms with Gasteiger partial charge in [0.2, 0.25) is 0 Å². The molecule has 0 radical (unpaired) electrons. The van der Waals surface area contributed by atoms with Crippen LogP contribution in [-0.2, 0) is 9.47 Å². The SMILES string of the molecule is OC1OCCCC1OC=Cc1ccccc1. The molecule has 3 heteroatoms. The molecule has 0 spiro atoms. The van der Waals surface area contributed by atoms with Crippen LogP contribution in [0.5, 0.6) is 0 Å². The lowest BCUT2D eigenvalue weighted by atomic mass is 10.1. The average Bonchev–Trinajstić information content (AvgIpc) is 2.33. The Kier molecular flexibility index (Phi) is 3.97. The molecular formula is C13H16O3. The molecule has 1 aromatic rings. The smallest absolute Gasteiger partial charge is 0.192 e. The summed E-state index contributed by atoms with van der Waals surface area (Å²) in [6.07, 6.45) is 4.23. The maximum Gasteiger partial charge on any atom is 0.192 e. The maximum atomic E-state index is 9.49. The lowest BCUT2D eigenvalue weighted by Gasteiger charge is -2.26. The fraction of sp³-hybridized carbons (Fsp3) is 0.385. The van der Waals surface area contributed by atoms with Crippen molar-refractivity contribution in [3.8, 4) is 0 Å². The summed E-state index contributed by atoms with van der Waals surface area (Å²) in [4.78, 5) is 0. The van der Waals surface area contributed by atoms with Crippen LogP contribution in [0, 0.1) is 0 Å². The van der Waals surface area contributed by atoms with Crippen molar-refractivity contribution in [1.82, 2.24) is 0 Å². The van der Waals surface area contributed by atoms with Crippen molar-refractivity contribution in [1.29, 1.82) is 0 Å². The summed E-state index contributed by atoms with van der Waals surface area (Å²) in [5.74, 6) is 0. The predicted molar refractivity (Wildman–Crippen MR) is 61.5 cm³/mol. The van der Waals surface area contributed by atoms with Gasteiger partial charge in [-0.15, -0.1) is 0 Å². The van der Waals surface area contributed by atoms with Gasteiger partial charge in [-0.25, -0.2) is 0 Å². The Morgan fingerprint density at radius 1 is 1.31 bits per heavy atom. The van der Waals surface area contributed by atoms with Crippen molar-refractivity contribution >= 4 is 6.08 Å². The van der Waals surface area contributed by atoms with Crippen molar-refractivity contribution in [2.75, 3.05) is 6.61 Å². The van der Waals surface area contributed by atoms with Crippen molar-refractivity contribution in [3.05, 3.63) is 42.2 Å². The number of hydrogen-bond donors (Lipinski definition) is 1. The molecule has 2 atom stereocenters. The van der Waals surface area contributed by atoms with Crippen LogP contribution in [0.15, 0.2) is 36.6 Å². The largest absolute Gasteiger partial charge is 0.493 e. The first-order valence-corrected chi connectivity index (χ1v) is 5.53. The summed E-state index contributed by atoms with van der Waals surface area (Å²) in [6.45, 7) is 0.615. The number of hydrogen-bond acceptors (Lipinski definition) is 3. The van der Waals surface area contributed by atoms with Gasteiger partial charge in [-0.3, -0.25) is 0 Å². The van der Waals surface area contributed by atoms with Crippen molar-refractivity contribution < 1.29 is 14.6 Å². The van der Waals surface area contributed by atoms with Gasteiger partial charge in [0.25, 0.3) is 0 Å². The highest BCUT2D eigenvalue weighted by atomic mass is 16.6. The zero-order valence-electron chi connectivity index (χ0n) is 9.08. The molecule has 1 aliphatic heterocycles. The van der Waals surface area contributed by atoms with Crippen LogP contribution < -0.4 is 0 Å². The third-order valence-corrected chi connectivity index (χ3v) is 2.55. The third-order valence-electron chi connectivity index (χ3n) is 2.55. The Bertz CT molecular complexity index is 334. The Hall–Kier alpha value is -1.32. The summed E-state index contributed by atoms with van der Waals surface area (Å²) < 4.78 is 10.5. The molecule has 0 aliphatic carbocycles. The lowest BCUT2D eigenvalue weighted by molar-refractivity contribution is -0.187. The molecule has 1 aromatic carbocycles. The van der Waals surface area contributed by atoms with Crippen LogP contribution in [0.3, 0.4) is 0 Å². The Labute approximate surface area is 95.3 Å². The number of rotatable bonds is 3. The minimum Gasteiger partial charge on any atom is -0.493 e. The van der Waals surface area contributed by atoms with Gasteiger partial charge in [0.15, 0.2) is 6.29 Å². The van der Waals surface area contributed by atoms with Crippen LogP contribution in [-0.4, -0.2) is 24.1 Å². The Morgan fingerprint density at radius 3 is 2.88 bits per heavy atom. The van der Waals surface area contributed by atoms with Crippen LogP contribution >= 0.6 is 0 Å². The van der Waals surface area contributed by atoms with Gasteiger partial charge in [-0.1, -0.05) is 30.3 Å². The summed E-state index contributed by atoms with van der Waals surface area (Å²) in [6, 6.07) is 9.90. The van der Waals surface area contributed by atoms with E-state index in [9.17, 15) is 5.11 Å². The molecule has 1 N–H and O–H groups in total. The van der Waals surface area contributed by atoms with Crippen LogP contribution in [0.25, 0.3) is 6.08 Å². The molecule has 3 nitrogen and oxygen atoms in total.